The van der Waals surface area contributed by atoms with Crippen LogP contribution in [0.1, 0.15) is 252 Å². The molecule has 3 N–H and O–H groups in total. The van der Waals surface area contributed by atoms with Gasteiger partial charge in [0, 0.05) is 19.3 Å². The second kappa shape index (κ2) is 47.7. The second-order valence-electron chi connectivity index (χ2n) is 19.5. The summed E-state index contributed by atoms with van der Waals surface area (Å²) < 4.78 is 28.3. The highest BCUT2D eigenvalue weighted by Gasteiger charge is 2.50. The van der Waals surface area contributed by atoms with E-state index in [0.29, 0.717) is 19.3 Å². The lowest BCUT2D eigenvalue weighted by Crippen LogP contribution is -2.61. The summed E-state index contributed by atoms with van der Waals surface area (Å²) >= 11 is 0. The lowest BCUT2D eigenvalue weighted by Gasteiger charge is -2.40. The quantitative estimate of drug-likeness (QED) is 0.0228. The SMILES string of the molecule is CC/C=C\C/C=C\C/C=C\CCCCCC(=O)OCC(COC1OC(C(=O)O)C(O)C(O)C1OC(=O)CCCCCCCCCCCCCCCCCCC)OC(=O)CCCCCCC/C=C\CCCC. The molecule has 0 spiro atoms. The van der Waals surface area contributed by atoms with Gasteiger partial charge in [0.05, 0.1) is 6.61 Å². The molecule has 0 amide bonds. The molecule has 1 heterocycles. The third-order valence-corrected chi connectivity index (χ3v) is 12.9. The van der Waals surface area contributed by atoms with E-state index < -0.39 is 67.3 Å². The summed E-state index contributed by atoms with van der Waals surface area (Å²) in [4.78, 5) is 50.9. The van der Waals surface area contributed by atoms with E-state index >= 15 is 0 Å². The maximum Gasteiger partial charge on any atom is 0.335 e. The smallest absolute Gasteiger partial charge is 0.335 e. The van der Waals surface area contributed by atoms with E-state index in [4.69, 9.17) is 23.7 Å². The Hall–Kier alpha value is -3.32. The van der Waals surface area contributed by atoms with Gasteiger partial charge in [0.25, 0.3) is 0 Å². The van der Waals surface area contributed by atoms with Crippen LogP contribution in [0.3, 0.4) is 0 Å². The van der Waals surface area contributed by atoms with Crippen molar-refractivity contribution in [1.82, 2.24) is 0 Å². The van der Waals surface area contributed by atoms with E-state index in [2.05, 4.69) is 69.4 Å². The number of hydrogen-bond acceptors (Lipinski definition) is 11. The molecule has 0 aromatic heterocycles. The van der Waals surface area contributed by atoms with Gasteiger partial charge in [-0.1, -0.05) is 211 Å². The Morgan fingerprint density at radius 1 is 0.479 bits per heavy atom. The van der Waals surface area contributed by atoms with Gasteiger partial charge in [0.15, 0.2) is 24.6 Å². The van der Waals surface area contributed by atoms with Crippen molar-refractivity contribution in [2.24, 2.45) is 0 Å². The van der Waals surface area contributed by atoms with Crippen LogP contribution in [0.15, 0.2) is 48.6 Å². The summed E-state index contributed by atoms with van der Waals surface area (Å²) in [5.74, 6) is -3.16. The number of aliphatic carboxylic acids is 1. The number of carboxylic acids is 1. The Morgan fingerprint density at radius 2 is 0.901 bits per heavy atom. The summed E-state index contributed by atoms with van der Waals surface area (Å²) in [6.45, 7) is 5.81. The summed E-state index contributed by atoms with van der Waals surface area (Å²) in [6, 6.07) is 0. The Bertz CT molecular complexity index is 1420. The average Bonchev–Trinajstić information content (AvgIpc) is 3.35. The first-order chi connectivity index (χ1) is 34.6. The van der Waals surface area contributed by atoms with Gasteiger partial charge in [-0.05, 0) is 70.6 Å². The minimum Gasteiger partial charge on any atom is -0.479 e. The van der Waals surface area contributed by atoms with Gasteiger partial charge in [-0.15, -0.1) is 0 Å². The molecule has 71 heavy (non-hydrogen) atoms. The highest BCUT2D eigenvalue weighted by Crippen LogP contribution is 2.26. The Kier molecular flexibility index (Phi) is 44.1. The molecule has 1 aliphatic heterocycles. The van der Waals surface area contributed by atoms with Crippen LogP contribution in [-0.4, -0.2) is 89.2 Å². The fourth-order valence-corrected chi connectivity index (χ4v) is 8.48. The molecule has 1 saturated heterocycles. The molecular formula is C59H102O12. The van der Waals surface area contributed by atoms with Gasteiger partial charge in [0.1, 0.15) is 18.8 Å². The maximum absolute atomic E-state index is 13.1. The van der Waals surface area contributed by atoms with Crippen molar-refractivity contribution >= 4 is 23.9 Å². The summed E-state index contributed by atoms with van der Waals surface area (Å²) in [7, 11) is 0. The van der Waals surface area contributed by atoms with Gasteiger partial charge in [-0.3, -0.25) is 14.4 Å². The van der Waals surface area contributed by atoms with Gasteiger partial charge >= 0.3 is 23.9 Å². The summed E-state index contributed by atoms with van der Waals surface area (Å²) in [6.07, 6.45) is 43.8. The summed E-state index contributed by atoms with van der Waals surface area (Å²) in [5.41, 5.74) is 0. The van der Waals surface area contributed by atoms with Crippen molar-refractivity contribution in [3.63, 3.8) is 0 Å². The number of rotatable bonds is 48. The number of ether oxygens (including phenoxy) is 5. The fourth-order valence-electron chi connectivity index (χ4n) is 8.48. The van der Waals surface area contributed by atoms with Crippen LogP contribution in [0, 0.1) is 0 Å². The number of aliphatic hydroxyl groups is 2. The zero-order valence-electron chi connectivity index (χ0n) is 45.0. The molecule has 12 nitrogen and oxygen atoms in total. The van der Waals surface area contributed by atoms with Crippen molar-refractivity contribution < 1.29 is 58.2 Å². The highest BCUT2D eigenvalue weighted by molar-refractivity contribution is 5.74. The Morgan fingerprint density at radius 3 is 1.42 bits per heavy atom. The van der Waals surface area contributed by atoms with Gasteiger partial charge < -0.3 is 39.0 Å². The fraction of sp³-hybridized carbons (Fsp3) is 0.797. The molecule has 0 radical (unpaired) electrons. The number of esters is 3. The van der Waals surface area contributed by atoms with E-state index in [-0.39, 0.29) is 25.9 Å². The van der Waals surface area contributed by atoms with Gasteiger partial charge in [-0.25, -0.2) is 4.79 Å². The van der Waals surface area contributed by atoms with Crippen LogP contribution in [0.25, 0.3) is 0 Å². The second-order valence-corrected chi connectivity index (χ2v) is 19.5. The monoisotopic (exact) mass is 1000 g/mol. The molecule has 0 aromatic carbocycles. The van der Waals surface area contributed by atoms with E-state index in [1.165, 1.54) is 89.9 Å². The van der Waals surface area contributed by atoms with Crippen LogP contribution >= 0.6 is 0 Å². The third-order valence-electron chi connectivity index (χ3n) is 12.9. The Balaban J connectivity index is 2.68. The first-order valence-corrected chi connectivity index (χ1v) is 28.6. The zero-order valence-corrected chi connectivity index (χ0v) is 45.0. The number of aliphatic hydroxyl groups excluding tert-OH is 2. The maximum atomic E-state index is 13.1. The molecule has 1 aliphatic rings. The molecule has 0 saturated carbocycles. The predicted octanol–water partition coefficient (Wildman–Crippen LogP) is 14.2. The number of carbonyl (C=O) groups excluding carboxylic acids is 3. The first kappa shape index (κ1) is 65.7. The molecular weight excluding hydrogens is 901 g/mol. The molecule has 6 unspecified atom stereocenters. The summed E-state index contributed by atoms with van der Waals surface area (Å²) in [5, 5.41) is 31.4. The zero-order chi connectivity index (χ0) is 51.8. The van der Waals surface area contributed by atoms with Crippen LogP contribution in [0.2, 0.25) is 0 Å². The minimum absolute atomic E-state index is 0.0605. The first-order valence-electron chi connectivity index (χ1n) is 28.6. The van der Waals surface area contributed by atoms with E-state index in [1.807, 2.05) is 0 Å². The normalized spacial score (nSPS) is 18.8. The minimum atomic E-state index is -1.90. The molecule has 0 aromatic rings. The molecule has 1 fully saturated rings. The largest absolute Gasteiger partial charge is 0.479 e. The van der Waals surface area contributed by atoms with Crippen LogP contribution < -0.4 is 0 Å². The van der Waals surface area contributed by atoms with E-state index in [0.717, 1.165) is 103 Å². The molecule has 0 bridgehead atoms. The van der Waals surface area contributed by atoms with Crippen molar-refractivity contribution in [3.8, 4) is 0 Å². The average molecular weight is 1000 g/mol. The topological polar surface area (TPSA) is 175 Å². The predicted molar refractivity (Wildman–Crippen MR) is 285 cm³/mol. The highest BCUT2D eigenvalue weighted by atomic mass is 16.7. The van der Waals surface area contributed by atoms with Crippen LogP contribution in [-0.2, 0) is 42.9 Å². The van der Waals surface area contributed by atoms with E-state index in [9.17, 15) is 34.5 Å². The molecule has 1 rings (SSSR count). The number of allylic oxidation sites excluding steroid dienone is 8. The van der Waals surface area contributed by atoms with Gasteiger partial charge in [0.2, 0.25) is 0 Å². The third kappa shape index (κ3) is 38.0. The van der Waals surface area contributed by atoms with Crippen molar-refractivity contribution in [1.29, 1.82) is 0 Å². The van der Waals surface area contributed by atoms with Crippen LogP contribution in [0.4, 0.5) is 0 Å². The standard InChI is InChI=1S/C59H102O12/c1-4-7-10-13-16-19-22-24-25-26-27-29-32-35-38-41-44-47-53(62)70-57-55(64)54(63)56(58(65)66)71-59(57)68-49-50(69-52(61)46-43-40-37-34-30-21-18-15-12-9-6-3)48-67-51(60)45-42-39-36-33-31-28-23-20-17-14-11-8-5-2/h8,11,15,17-18,20,28,31,50,54-57,59,63-64H,4-7,9-10,12-14,16,19,21-27,29-30,32-49H2,1-3H3,(H,65,66)/b11-8-,18-15-,20-17-,31-28-. The number of hydrogen-bond donors (Lipinski definition) is 3. The van der Waals surface area contributed by atoms with Crippen molar-refractivity contribution in [3.05, 3.63) is 48.6 Å². The lowest BCUT2D eigenvalue weighted by molar-refractivity contribution is -0.301. The van der Waals surface area contributed by atoms with E-state index in [1.54, 1.807) is 0 Å². The number of carbonyl (C=O) groups is 4. The molecule has 12 heteroatoms. The number of carboxylic acid groups (broad SMARTS) is 1. The molecule has 0 aliphatic carbocycles. The van der Waals surface area contributed by atoms with Crippen molar-refractivity contribution in [2.45, 2.75) is 289 Å². The van der Waals surface area contributed by atoms with Gasteiger partial charge in [-0.2, -0.15) is 0 Å². The number of unbranched alkanes of at least 4 members (excludes halogenated alkanes) is 26. The Labute approximate surface area is 431 Å². The van der Waals surface area contributed by atoms with Crippen molar-refractivity contribution in [2.75, 3.05) is 13.2 Å². The lowest BCUT2D eigenvalue weighted by atomic mass is 9.98. The van der Waals surface area contributed by atoms with Crippen LogP contribution in [0.5, 0.6) is 0 Å². The molecule has 6 atom stereocenters. The molecule has 410 valence electrons.